The molecule has 1 rings (SSSR count). The van der Waals surface area contributed by atoms with Crippen molar-refractivity contribution in [3.05, 3.63) is 18.0 Å². The van der Waals surface area contributed by atoms with Crippen LogP contribution in [0.25, 0.3) is 0 Å². The highest BCUT2D eigenvalue weighted by atomic mass is 16.2. The van der Waals surface area contributed by atoms with Crippen LogP contribution in [0.4, 0.5) is 0 Å². The zero-order valence-corrected chi connectivity index (χ0v) is 10.7. The van der Waals surface area contributed by atoms with E-state index in [1.165, 1.54) is 0 Å². The van der Waals surface area contributed by atoms with E-state index in [0.29, 0.717) is 6.54 Å². The fourth-order valence-electron chi connectivity index (χ4n) is 1.39. The molecule has 0 aliphatic rings. The fraction of sp³-hybridized carbons (Fsp3) is 0.636. The Hall–Kier alpha value is -1.40. The Morgan fingerprint density at radius 1 is 1.71 bits per heavy atom. The third kappa shape index (κ3) is 4.16. The highest BCUT2D eigenvalue weighted by molar-refractivity contribution is 5.82. The molecule has 6 heteroatoms. The second kappa shape index (κ2) is 6.36. The number of aromatic nitrogens is 2. The average molecular weight is 239 g/mol. The van der Waals surface area contributed by atoms with Crippen molar-refractivity contribution in [1.29, 1.82) is 0 Å². The Bertz CT molecular complexity index is 362. The van der Waals surface area contributed by atoms with Crippen LogP contribution >= 0.6 is 0 Å². The number of nitrogens with two attached hydrogens (primary N) is 1. The van der Waals surface area contributed by atoms with Gasteiger partial charge < -0.3 is 16.0 Å². The van der Waals surface area contributed by atoms with Crippen molar-refractivity contribution >= 4 is 5.91 Å². The summed E-state index contributed by atoms with van der Waals surface area (Å²) in [6, 6.07) is -0.643. The van der Waals surface area contributed by atoms with E-state index in [0.717, 1.165) is 18.7 Å². The van der Waals surface area contributed by atoms with Crippen LogP contribution < -0.4 is 11.1 Å². The lowest BCUT2D eigenvalue weighted by atomic mass is 10.1. The number of aryl methyl sites for hydroxylation is 1. The molecule has 0 aromatic carbocycles. The summed E-state index contributed by atoms with van der Waals surface area (Å²) in [4.78, 5) is 13.9. The van der Waals surface area contributed by atoms with Crippen molar-refractivity contribution in [2.75, 3.05) is 26.7 Å². The Balaban J connectivity index is 2.37. The molecule has 0 aliphatic heterocycles. The number of amides is 1. The molecule has 17 heavy (non-hydrogen) atoms. The SMILES string of the molecule is CCN(C)CCNC(=O)C(N)c1cnn(C)c1. The maximum Gasteiger partial charge on any atom is 0.241 e. The van der Waals surface area contributed by atoms with Crippen LogP contribution in [0.15, 0.2) is 12.4 Å². The van der Waals surface area contributed by atoms with Crippen molar-refractivity contribution in [3.8, 4) is 0 Å². The standard InChI is InChI=1S/C11H21N5O/c1-4-15(2)6-5-13-11(17)10(12)9-7-14-16(3)8-9/h7-8,10H,4-6,12H2,1-3H3,(H,13,17). The average Bonchev–Trinajstić information content (AvgIpc) is 2.74. The zero-order valence-electron chi connectivity index (χ0n) is 10.7. The molecule has 0 saturated heterocycles. The van der Waals surface area contributed by atoms with Gasteiger partial charge in [0.05, 0.1) is 6.20 Å². The first-order chi connectivity index (χ1) is 8.04. The quantitative estimate of drug-likeness (QED) is 0.701. The molecular weight excluding hydrogens is 218 g/mol. The van der Waals surface area contributed by atoms with Gasteiger partial charge in [0.1, 0.15) is 6.04 Å². The molecule has 1 unspecified atom stereocenters. The van der Waals surface area contributed by atoms with E-state index in [-0.39, 0.29) is 5.91 Å². The van der Waals surface area contributed by atoms with E-state index in [4.69, 9.17) is 5.73 Å². The van der Waals surface area contributed by atoms with Crippen LogP contribution in [0.5, 0.6) is 0 Å². The normalized spacial score (nSPS) is 12.8. The third-order valence-electron chi connectivity index (χ3n) is 2.70. The smallest absolute Gasteiger partial charge is 0.241 e. The topological polar surface area (TPSA) is 76.2 Å². The summed E-state index contributed by atoms with van der Waals surface area (Å²) in [5.41, 5.74) is 6.55. The van der Waals surface area contributed by atoms with Crippen LogP contribution in [-0.2, 0) is 11.8 Å². The molecule has 6 nitrogen and oxygen atoms in total. The van der Waals surface area contributed by atoms with E-state index < -0.39 is 6.04 Å². The first kappa shape index (κ1) is 13.7. The number of carbonyl (C=O) groups excluding carboxylic acids is 1. The number of nitrogens with one attached hydrogen (secondary N) is 1. The number of likely N-dealkylation sites (N-methyl/N-ethyl adjacent to an activating group) is 1. The number of rotatable bonds is 6. The van der Waals surface area contributed by atoms with Crippen LogP contribution in [0.3, 0.4) is 0 Å². The molecule has 1 aromatic heterocycles. The van der Waals surface area contributed by atoms with E-state index in [1.54, 1.807) is 24.1 Å². The van der Waals surface area contributed by atoms with Crippen molar-refractivity contribution in [1.82, 2.24) is 20.0 Å². The van der Waals surface area contributed by atoms with Gasteiger partial charge in [-0.05, 0) is 13.6 Å². The minimum atomic E-state index is -0.643. The second-order valence-electron chi connectivity index (χ2n) is 4.11. The summed E-state index contributed by atoms with van der Waals surface area (Å²) < 4.78 is 1.63. The highest BCUT2D eigenvalue weighted by Crippen LogP contribution is 2.07. The van der Waals surface area contributed by atoms with Gasteiger partial charge in [0.25, 0.3) is 0 Å². The number of hydrogen-bond acceptors (Lipinski definition) is 4. The summed E-state index contributed by atoms with van der Waals surface area (Å²) in [6.07, 6.45) is 3.37. The first-order valence-electron chi connectivity index (χ1n) is 5.75. The van der Waals surface area contributed by atoms with Gasteiger partial charge in [0.15, 0.2) is 0 Å². The van der Waals surface area contributed by atoms with Gasteiger partial charge in [-0.1, -0.05) is 6.92 Å². The molecule has 1 amide bonds. The molecule has 1 aromatic rings. The molecule has 0 radical (unpaired) electrons. The Labute approximate surface area is 102 Å². The predicted octanol–water partition coefficient (Wildman–Crippen LogP) is -0.512. The molecule has 0 saturated carbocycles. The Morgan fingerprint density at radius 2 is 2.41 bits per heavy atom. The minimum absolute atomic E-state index is 0.164. The molecule has 96 valence electrons. The lowest BCUT2D eigenvalue weighted by Gasteiger charge is -2.15. The van der Waals surface area contributed by atoms with Crippen molar-refractivity contribution in [2.24, 2.45) is 12.8 Å². The van der Waals surface area contributed by atoms with Crippen LogP contribution in [-0.4, -0.2) is 47.3 Å². The summed E-state index contributed by atoms with van der Waals surface area (Å²) in [5.74, 6) is -0.164. The third-order valence-corrected chi connectivity index (χ3v) is 2.70. The van der Waals surface area contributed by atoms with Crippen molar-refractivity contribution in [2.45, 2.75) is 13.0 Å². The summed E-state index contributed by atoms with van der Waals surface area (Å²) in [6.45, 7) is 4.47. The second-order valence-corrected chi connectivity index (χ2v) is 4.11. The molecule has 0 bridgehead atoms. The number of nitrogens with zero attached hydrogens (tertiary/aromatic N) is 3. The fourth-order valence-corrected chi connectivity index (χ4v) is 1.39. The van der Waals surface area contributed by atoms with Gasteiger partial charge in [-0.25, -0.2) is 0 Å². The van der Waals surface area contributed by atoms with Gasteiger partial charge in [-0.15, -0.1) is 0 Å². The van der Waals surface area contributed by atoms with E-state index >= 15 is 0 Å². The Morgan fingerprint density at radius 3 is 2.94 bits per heavy atom. The molecule has 1 atom stereocenters. The van der Waals surface area contributed by atoms with E-state index in [2.05, 4.69) is 22.2 Å². The maximum absolute atomic E-state index is 11.7. The summed E-state index contributed by atoms with van der Waals surface area (Å²) in [7, 11) is 3.80. The Kier molecular flexibility index (Phi) is 5.11. The van der Waals surface area contributed by atoms with Crippen LogP contribution in [0.1, 0.15) is 18.5 Å². The summed E-state index contributed by atoms with van der Waals surface area (Å²) in [5, 5.41) is 6.80. The minimum Gasteiger partial charge on any atom is -0.353 e. The molecule has 0 aliphatic carbocycles. The van der Waals surface area contributed by atoms with Crippen molar-refractivity contribution < 1.29 is 4.79 Å². The molecule has 3 N–H and O–H groups in total. The molecular formula is C11H21N5O. The highest BCUT2D eigenvalue weighted by Gasteiger charge is 2.16. The lowest BCUT2D eigenvalue weighted by molar-refractivity contribution is -0.122. The maximum atomic E-state index is 11.7. The van der Waals surface area contributed by atoms with E-state index in [1.807, 2.05) is 7.05 Å². The zero-order chi connectivity index (χ0) is 12.8. The molecule has 0 spiro atoms. The van der Waals surface area contributed by atoms with Crippen molar-refractivity contribution in [3.63, 3.8) is 0 Å². The first-order valence-corrected chi connectivity index (χ1v) is 5.75. The van der Waals surface area contributed by atoms with Crippen LogP contribution in [0, 0.1) is 0 Å². The monoisotopic (exact) mass is 239 g/mol. The summed E-state index contributed by atoms with van der Waals surface area (Å²) >= 11 is 0. The van der Waals surface area contributed by atoms with Gasteiger partial charge in [0, 0.05) is 31.9 Å². The predicted molar refractivity (Wildman–Crippen MR) is 66.3 cm³/mol. The largest absolute Gasteiger partial charge is 0.353 e. The van der Waals surface area contributed by atoms with Gasteiger partial charge in [-0.2, -0.15) is 5.10 Å². The van der Waals surface area contributed by atoms with Crippen LogP contribution in [0.2, 0.25) is 0 Å². The number of hydrogen-bond donors (Lipinski definition) is 2. The molecule has 0 fully saturated rings. The van der Waals surface area contributed by atoms with Gasteiger partial charge >= 0.3 is 0 Å². The lowest BCUT2D eigenvalue weighted by Crippen LogP contribution is -2.38. The number of carbonyl (C=O) groups is 1. The van der Waals surface area contributed by atoms with Gasteiger partial charge in [0.2, 0.25) is 5.91 Å². The molecule has 1 heterocycles. The van der Waals surface area contributed by atoms with E-state index in [9.17, 15) is 4.79 Å². The van der Waals surface area contributed by atoms with Gasteiger partial charge in [-0.3, -0.25) is 9.48 Å².